The normalized spacial score (nSPS) is 10.7. The van der Waals surface area contributed by atoms with Gasteiger partial charge < -0.3 is 9.47 Å². The van der Waals surface area contributed by atoms with E-state index < -0.39 is 0 Å². The van der Waals surface area contributed by atoms with Crippen molar-refractivity contribution in [2.45, 2.75) is 11.6 Å². The fourth-order valence-corrected chi connectivity index (χ4v) is 3.06. The van der Waals surface area contributed by atoms with Crippen molar-refractivity contribution >= 4 is 29.0 Å². The zero-order valence-corrected chi connectivity index (χ0v) is 12.8. The van der Waals surface area contributed by atoms with E-state index in [0.717, 1.165) is 17.4 Å². The zero-order chi connectivity index (χ0) is 13.8. The smallest absolute Gasteiger partial charge is 0.232 e. The minimum absolute atomic E-state index is 0.0767. The summed E-state index contributed by atoms with van der Waals surface area (Å²) in [6.07, 6.45) is 0.781. The molecule has 2 heterocycles. The Morgan fingerprint density at radius 1 is 1.47 bits per heavy atom. The largest absolute Gasteiger partial charge is 0.348 e. The number of thiophene rings is 1. The maximum atomic E-state index is 11.5. The number of hydrogen-bond acceptors (Lipinski definition) is 5. The number of thioether (sulfide) groups is 1. The van der Waals surface area contributed by atoms with Crippen LogP contribution in [0.4, 0.5) is 0 Å². The molecule has 0 fully saturated rings. The van der Waals surface area contributed by atoms with Gasteiger partial charge in [0.25, 0.3) is 0 Å². The molecule has 0 bridgehead atoms. The molecule has 0 aliphatic heterocycles. The van der Waals surface area contributed by atoms with Crippen molar-refractivity contribution < 1.29 is 4.79 Å². The van der Waals surface area contributed by atoms with Crippen molar-refractivity contribution in [1.82, 2.24) is 19.7 Å². The highest BCUT2D eigenvalue weighted by Gasteiger charge is 2.12. The second-order valence-corrected chi connectivity index (χ2v) is 6.27. The monoisotopic (exact) mass is 296 g/mol. The summed E-state index contributed by atoms with van der Waals surface area (Å²) < 4.78 is 1.95. The molecule has 102 valence electrons. The zero-order valence-electron chi connectivity index (χ0n) is 11.2. The second kappa shape index (κ2) is 6.21. The Balaban J connectivity index is 2.00. The second-order valence-electron chi connectivity index (χ2n) is 4.29. The van der Waals surface area contributed by atoms with Gasteiger partial charge in [0.05, 0.1) is 5.75 Å². The van der Waals surface area contributed by atoms with Crippen LogP contribution in [0.5, 0.6) is 0 Å². The third kappa shape index (κ3) is 3.57. The molecule has 1 amide bonds. The van der Waals surface area contributed by atoms with Crippen LogP contribution in [0.15, 0.2) is 22.7 Å². The molecule has 19 heavy (non-hydrogen) atoms. The number of carbonyl (C=O) groups excluding carboxylic acids is 1. The Kier molecular flexibility index (Phi) is 4.60. The number of hydrogen-bond donors (Lipinski definition) is 0. The van der Waals surface area contributed by atoms with Crippen molar-refractivity contribution in [3.8, 4) is 0 Å². The van der Waals surface area contributed by atoms with Crippen LogP contribution in [-0.2, 0) is 18.3 Å². The standard InChI is InChI=1S/C12H16N4OS2/c1-15(2)11(17)8-19-12-14-13-10(16(12)3)7-9-5-4-6-18-9/h4-6H,7-8H2,1-3H3. The van der Waals surface area contributed by atoms with E-state index in [0.29, 0.717) is 5.75 Å². The first-order valence-electron chi connectivity index (χ1n) is 5.81. The molecule has 0 aromatic carbocycles. The highest BCUT2D eigenvalue weighted by atomic mass is 32.2. The van der Waals surface area contributed by atoms with Gasteiger partial charge in [-0.2, -0.15) is 0 Å². The number of amides is 1. The predicted molar refractivity (Wildman–Crippen MR) is 77.5 cm³/mol. The lowest BCUT2D eigenvalue weighted by Crippen LogP contribution is -2.23. The Labute approximate surface area is 120 Å². The van der Waals surface area contributed by atoms with Crippen molar-refractivity contribution in [2.24, 2.45) is 7.05 Å². The summed E-state index contributed by atoms with van der Waals surface area (Å²) in [4.78, 5) is 14.4. The molecule has 0 N–H and O–H groups in total. The molecular formula is C12H16N4OS2. The van der Waals surface area contributed by atoms with Gasteiger partial charge in [-0.25, -0.2) is 0 Å². The quantitative estimate of drug-likeness (QED) is 0.787. The molecular weight excluding hydrogens is 280 g/mol. The van der Waals surface area contributed by atoms with Crippen LogP contribution < -0.4 is 0 Å². The van der Waals surface area contributed by atoms with Gasteiger partial charge in [0, 0.05) is 32.4 Å². The molecule has 2 aromatic heterocycles. The highest BCUT2D eigenvalue weighted by Crippen LogP contribution is 2.19. The predicted octanol–water partition coefficient (Wildman–Crippen LogP) is 1.65. The van der Waals surface area contributed by atoms with Gasteiger partial charge in [0.15, 0.2) is 5.16 Å². The lowest BCUT2D eigenvalue weighted by Gasteiger charge is -2.09. The highest BCUT2D eigenvalue weighted by molar-refractivity contribution is 7.99. The molecule has 2 rings (SSSR count). The molecule has 2 aromatic rings. The van der Waals surface area contributed by atoms with Crippen molar-refractivity contribution in [2.75, 3.05) is 19.8 Å². The summed E-state index contributed by atoms with van der Waals surface area (Å²) in [5.74, 6) is 1.38. The molecule has 0 saturated carbocycles. The SMILES string of the molecule is CN(C)C(=O)CSc1nnc(Cc2cccs2)n1C. The van der Waals surface area contributed by atoms with Crippen molar-refractivity contribution in [3.05, 3.63) is 28.2 Å². The van der Waals surface area contributed by atoms with Crippen LogP contribution in [0.1, 0.15) is 10.7 Å². The first-order valence-corrected chi connectivity index (χ1v) is 7.68. The molecule has 7 heteroatoms. The topological polar surface area (TPSA) is 51.0 Å². The Morgan fingerprint density at radius 3 is 2.89 bits per heavy atom. The van der Waals surface area contributed by atoms with E-state index in [2.05, 4.69) is 21.6 Å². The average Bonchev–Trinajstić information content (AvgIpc) is 2.99. The van der Waals surface area contributed by atoms with E-state index in [1.807, 2.05) is 17.7 Å². The lowest BCUT2D eigenvalue weighted by atomic mass is 10.3. The molecule has 0 radical (unpaired) electrons. The summed E-state index contributed by atoms with van der Waals surface area (Å²) in [6.45, 7) is 0. The summed E-state index contributed by atoms with van der Waals surface area (Å²) in [6, 6.07) is 4.11. The van der Waals surface area contributed by atoms with Gasteiger partial charge in [-0.15, -0.1) is 21.5 Å². The number of rotatable bonds is 5. The Hall–Kier alpha value is -1.34. The number of nitrogens with zero attached hydrogens (tertiary/aromatic N) is 4. The van der Waals surface area contributed by atoms with Crippen LogP contribution in [-0.4, -0.2) is 45.4 Å². The van der Waals surface area contributed by atoms with E-state index >= 15 is 0 Å². The van der Waals surface area contributed by atoms with Gasteiger partial charge in [-0.1, -0.05) is 17.8 Å². The minimum atomic E-state index is 0.0767. The number of aromatic nitrogens is 3. The van der Waals surface area contributed by atoms with Gasteiger partial charge in [-0.05, 0) is 11.4 Å². The summed E-state index contributed by atoms with van der Waals surface area (Å²) in [5, 5.41) is 11.2. The summed E-state index contributed by atoms with van der Waals surface area (Å²) in [7, 11) is 5.44. The van der Waals surface area contributed by atoms with Crippen molar-refractivity contribution in [1.29, 1.82) is 0 Å². The maximum absolute atomic E-state index is 11.5. The molecule has 5 nitrogen and oxygen atoms in total. The molecule has 0 aliphatic carbocycles. The lowest BCUT2D eigenvalue weighted by molar-refractivity contribution is -0.125. The van der Waals surface area contributed by atoms with Gasteiger partial charge in [0.1, 0.15) is 5.82 Å². The summed E-state index contributed by atoms with van der Waals surface area (Å²) >= 11 is 3.13. The third-order valence-corrected chi connectivity index (χ3v) is 4.54. The maximum Gasteiger partial charge on any atom is 0.232 e. The molecule has 0 atom stereocenters. The van der Waals surface area contributed by atoms with Crippen LogP contribution in [0.3, 0.4) is 0 Å². The molecule has 0 spiro atoms. The summed E-state index contributed by atoms with van der Waals surface area (Å²) in [5.41, 5.74) is 0. The van der Waals surface area contributed by atoms with E-state index in [4.69, 9.17) is 0 Å². The van der Waals surface area contributed by atoms with E-state index in [1.54, 1.807) is 30.3 Å². The van der Waals surface area contributed by atoms with Crippen LogP contribution in [0.2, 0.25) is 0 Å². The van der Waals surface area contributed by atoms with Crippen LogP contribution in [0.25, 0.3) is 0 Å². The molecule has 0 unspecified atom stereocenters. The third-order valence-electron chi connectivity index (χ3n) is 2.66. The Bertz CT molecular complexity index is 548. The number of carbonyl (C=O) groups is 1. The van der Waals surface area contributed by atoms with E-state index in [9.17, 15) is 4.79 Å². The van der Waals surface area contributed by atoms with Gasteiger partial charge in [0.2, 0.25) is 5.91 Å². The first-order chi connectivity index (χ1) is 9.08. The van der Waals surface area contributed by atoms with E-state index in [1.165, 1.54) is 16.6 Å². The van der Waals surface area contributed by atoms with Gasteiger partial charge >= 0.3 is 0 Å². The molecule has 0 aliphatic rings. The average molecular weight is 296 g/mol. The van der Waals surface area contributed by atoms with Crippen LogP contribution in [0, 0.1) is 0 Å². The minimum Gasteiger partial charge on any atom is -0.348 e. The van der Waals surface area contributed by atoms with Crippen LogP contribution >= 0.6 is 23.1 Å². The van der Waals surface area contributed by atoms with Crippen molar-refractivity contribution in [3.63, 3.8) is 0 Å². The van der Waals surface area contributed by atoms with Gasteiger partial charge in [-0.3, -0.25) is 4.79 Å². The van der Waals surface area contributed by atoms with E-state index in [-0.39, 0.29) is 5.91 Å². The Morgan fingerprint density at radius 2 is 2.26 bits per heavy atom. The fourth-order valence-electron chi connectivity index (χ4n) is 1.45. The fraction of sp³-hybridized carbons (Fsp3) is 0.417. The first kappa shape index (κ1) is 14.1. The molecule has 0 saturated heterocycles.